The van der Waals surface area contributed by atoms with Crippen molar-refractivity contribution in [3.8, 4) is 0 Å². The predicted octanol–water partition coefficient (Wildman–Crippen LogP) is -0.299. The van der Waals surface area contributed by atoms with Crippen LogP contribution < -0.4 is 5.56 Å². The number of hydrogen-bond donors (Lipinski definition) is 3. The molecule has 82 valence electrons. The molecule has 0 saturated carbocycles. The van der Waals surface area contributed by atoms with E-state index in [0.717, 1.165) is 0 Å². The van der Waals surface area contributed by atoms with Gasteiger partial charge in [0, 0.05) is 6.61 Å². The van der Waals surface area contributed by atoms with Gasteiger partial charge >= 0.3 is 5.97 Å². The molecule has 0 spiro atoms. The average Bonchev–Trinajstić information content (AvgIpc) is 2.18. The summed E-state index contributed by atoms with van der Waals surface area (Å²) >= 11 is 0. The molecule has 1 rings (SSSR count). The molecule has 0 fully saturated rings. The number of aliphatic hydroxyl groups is 1. The zero-order valence-electron chi connectivity index (χ0n) is 8.28. The first-order valence-electron chi connectivity index (χ1n) is 4.50. The van der Waals surface area contributed by atoms with Crippen molar-refractivity contribution in [3.05, 3.63) is 27.4 Å². The maximum absolute atomic E-state index is 11.3. The molecule has 1 aromatic heterocycles. The smallest absolute Gasteiger partial charge is 0.354 e. The van der Waals surface area contributed by atoms with E-state index >= 15 is 0 Å². The molecule has 0 aliphatic carbocycles. The van der Waals surface area contributed by atoms with Crippen LogP contribution in [-0.4, -0.2) is 32.8 Å². The lowest BCUT2D eigenvalue weighted by atomic mass is 10.2. The maximum Gasteiger partial charge on any atom is 0.354 e. The van der Waals surface area contributed by atoms with Gasteiger partial charge in [0.05, 0.1) is 5.69 Å². The Labute approximate surface area is 85.6 Å². The van der Waals surface area contributed by atoms with E-state index in [9.17, 15) is 9.59 Å². The molecule has 0 radical (unpaired) electrons. The van der Waals surface area contributed by atoms with Crippen LogP contribution in [0.15, 0.2) is 4.79 Å². The molecule has 3 N–H and O–H groups in total. The fourth-order valence-corrected chi connectivity index (χ4v) is 1.21. The molecule has 0 saturated heterocycles. The molecule has 0 aromatic carbocycles. The molecule has 0 unspecified atom stereocenters. The monoisotopic (exact) mass is 212 g/mol. The lowest BCUT2D eigenvalue weighted by Gasteiger charge is -2.02. The highest BCUT2D eigenvalue weighted by Gasteiger charge is 2.12. The van der Waals surface area contributed by atoms with E-state index in [1.807, 2.05) is 0 Å². The van der Waals surface area contributed by atoms with Gasteiger partial charge in [-0.05, 0) is 19.8 Å². The number of carboxylic acid groups (broad SMARTS) is 1. The van der Waals surface area contributed by atoms with Crippen molar-refractivity contribution >= 4 is 5.97 Å². The minimum Gasteiger partial charge on any atom is -0.477 e. The van der Waals surface area contributed by atoms with Gasteiger partial charge in [0.25, 0.3) is 5.56 Å². The standard InChI is InChI=1S/C9H12N2O4/c1-5-7(9(14)15)11-8(13)6(10-5)3-2-4-12/h12H,2-4H2,1H3,(H,11,13)(H,14,15). The summed E-state index contributed by atoms with van der Waals surface area (Å²) in [6.07, 6.45) is 0.772. The number of aromatic amines is 1. The fraction of sp³-hybridized carbons (Fsp3) is 0.444. The number of nitrogens with zero attached hydrogens (tertiary/aromatic N) is 1. The van der Waals surface area contributed by atoms with Gasteiger partial charge in [-0.2, -0.15) is 0 Å². The highest BCUT2D eigenvalue weighted by molar-refractivity contribution is 5.86. The van der Waals surface area contributed by atoms with Crippen molar-refractivity contribution in [3.63, 3.8) is 0 Å². The first kappa shape index (κ1) is 11.4. The molecule has 0 amide bonds. The minimum atomic E-state index is -1.20. The third-order valence-corrected chi connectivity index (χ3v) is 1.95. The number of carbonyl (C=O) groups is 1. The number of carboxylic acids is 1. The molecule has 6 heteroatoms. The topological polar surface area (TPSA) is 103 Å². The summed E-state index contributed by atoms with van der Waals surface area (Å²) in [6, 6.07) is 0. The number of aromatic nitrogens is 2. The Balaban J connectivity index is 3.08. The van der Waals surface area contributed by atoms with Gasteiger partial charge in [-0.1, -0.05) is 0 Å². The lowest BCUT2D eigenvalue weighted by Crippen LogP contribution is -2.21. The number of hydrogen-bond acceptors (Lipinski definition) is 4. The molecular formula is C9H12N2O4. The Hall–Kier alpha value is -1.69. The largest absolute Gasteiger partial charge is 0.477 e. The number of aliphatic hydroxyl groups excluding tert-OH is 1. The van der Waals surface area contributed by atoms with Gasteiger partial charge in [0.15, 0.2) is 0 Å². The summed E-state index contributed by atoms with van der Waals surface area (Å²) in [4.78, 5) is 28.1. The van der Waals surface area contributed by atoms with Crippen molar-refractivity contribution in [2.75, 3.05) is 6.61 Å². The van der Waals surface area contributed by atoms with Gasteiger partial charge < -0.3 is 15.2 Å². The summed E-state index contributed by atoms with van der Waals surface area (Å²) < 4.78 is 0. The van der Waals surface area contributed by atoms with Crippen LogP contribution in [-0.2, 0) is 6.42 Å². The summed E-state index contributed by atoms with van der Waals surface area (Å²) in [7, 11) is 0. The van der Waals surface area contributed by atoms with Gasteiger partial charge in [0.2, 0.25) is 0 Å². The number of rotatable bonds is 4. The first-order valence-corrected chi connectivity index (χ1v) is 4.50. The van der Waals surface area contributed by atoms with Crippen LogP contribution >= 0.6 is 0 Å². The number of nitrogens with one attached hydrogen (secondary N) is 1. The molecule has 0 bridgehead atoms. The molecule has 1 aromatic rings. The van der Waals surface area contributed by atoms with Crippen LogP contribution in [0.5, 0.6) is 0 Å². The lowest BCUT2D eigenvalue weighted by molar-refractivity contribution is 0.0688. The third-order valence-electron chi connectivity index (χ3n) is 1.95. The Kier molecular flexibility index (Phi) is 3.56. The van der Waals surface area contributed by atoms with E-state index in [4.69, 9.17) is 10.2 Å². The zero-order chi connectivity index (χ0) is 11.4. The van der Waals surface area contributed by atoms with Crippen molar-refractivity contribution in [1.29, 1.82) is 0 Å². The second-order valence-corrected chi connectivity index (χ2v) is 3.11. The highest BCUT2D eigenvalue weighted by atomic mass is 16.4. The van der Waals surface area contributed by atoms with E-state index in [-0.39, 0.29) is 23.7 Å². The zero-order valence-corrected chi connectivity index (χ0v) is 8.28. The van der Waals surface area contributed by atoms with Crippen molar-refractivity contribution < 1.29 is 15.0 Å². The van der Waals surface area contributed by atoms with E-state index in [2.05, 4.69) is 9.97 Å². The van der Waals surface area contributed by atoms with Crippen LogP contribution in [0.4, 0.5) is 0 Å². The average molecular weight is 212 g/mol. The van der Waals surface area contributed by atoms with Crippen LogP contribution in [0.2, 0.25) is 0 Å². The molecule has 6 nitrogen and oxygen atoms in total. The number of H-pyrrole nitrogens is 1. The second-order valence-electron chi connectivity index (χ2n) is 3.11. The van der Waals surface area contributed by atoms with Crippen LogP contribution in [0.25, 0.3) is 0 Å². The number of aromatic carboxylic acids is 1. The molecule has 0 aliphatic heterocycles. The number of aryl methyl sites for hydroxylation is 2. The molecule has 0 aliphatic rings. The SMILES string of the molecule is Cc1nc(CCCO)c(=O)[nH]c1C(=O)O. The van der Waals surface area contributed by atoms with Crippen molar-refractivity contribution in [2.45, 2.75) is 19.8 Å². The van der Waals surface area contributed by atoms with Gasteiger partial charge in [-0.3, -0.25) is 4.79 Å². The van der Waals surface area contributed by atoms with Gasteiger partial charge in [-0.15, -0.1) is 0 Å². The molecule has 0 atom stereocenters. The van der Waals surface area contributed by atoms with Crippen LogP contribution in [0, 0.1) is 6.92 Å². The Morgan fingerprint density at radius 1 is 1.53 bits per heavy atom. The second kappa shape index (κ2) is 4.70. The quantitative estimate of drug-likeness (QED) is 0.635. The van der Waals surface area contributed by atoms with E-state index < -0.39 is 11.5 Å². The Morgan fingerprint density at radius 2 is 2.20 bits per heavy atom. The summed E-state index contributed by atoms with van der Waals surface area (Å²) in [5, 5.41) is 17.3. The normalized spacial score (nSPS) is 10.3. The first-order chi connectivity index (χ1) is 7.06. The molecule has 15 heavy (non-hydrogen) atoms. The van der Waals surface area contributed by atoms with E-state index in [0.29, 0.717) is 12.8 Å². The summed E-state index contributed by atoms with van der Waals surface area (Å²) in [5.41, 5.74) is -0.166. The highest BCUT2D eigenvalue weighted by Crippen LogP contribution is 2.00. The van der Waals surface area contributed by atoms with Crippen LogP contribution in [0.1, 0.15) is 28.3 Å². The third kappa shape index (κ3) is 2.63. The van der Waals surface area contributed by atoms with E-state index in [1.54, 1.807) is 0 Å². The molecule has 1 heterocycles. The van der Waals surface area contributed by atoms with Crippen molar-refractivity contribution in [1.82, 2.24) is 9.97 Å². The van der Waals surface area contributed by atoms with Gasteiger partial charge in [-0.25, -0.2) is 9.78 Å². The van der Waals surface area contributed by atoms with E-state index in [1.165, 1.54) is 6.92 Å². The minimum absolute atomic E-state index is 0.0269. The maximum atomic E-state index is 11.3. The van der Waals surface area contributed by atoms with Gasteiger partial charge in [0.1, 0.15) is 11.4 Å². The Morgan fingerprint density at radius 3 is 2.73 bits per heavy atom. The van der Waals surface area contributed by atoms with Crippen molar-refractivity contribution in [2.24, 2.45) is 0 Å². The Bertz CT molecular complexity index is 425. The predicted molar refractivity (Wildman–Crippen MR) is 52.0 cm³/mol. The molecular weight excluding hydrogens is 200 g/mol. The fourth-order valence-electron chi connectivity index (χ4n) is 1.21. The van der Waals surface area contributed by atoms with Crippen LogP contribution in [0.3, 0.4) is 0 Å². The summed E-state index contributed by atoms with van der Waals surface area (Å²) in [6.45, 7) is 1.49. The summed E-state index contributed by atoms with van der Waals surface area (Å²) in [5.74, 6) is -1.20.